The molecule has 2 aromatic rings. The summed E-state index contributed by atoms with van der Waals surface area (Å²) < 4.78 is 6.38. The molecule has 0 aliphatic heterocycles. The van der Waals surface area contributed by atoms with Gasteiger partial charge >= 0.3 is 5.97 Å². The summed E-state index contributed by atoms with van der Waals surface area (Å²) in [5.74, 6) is -2.14. The van der Waals surface area contributed by atoms with E-state index in [1.807, 2.05) is 0 Å². The molecule has 0 atom stereocenters. The van der Waals surface area contributed by atoms with Crippen molar-refractivity contribution in [2.24, 2.45) is 7.05 Å². The van der Waals surface area contributed by atoms with Gasteiger partial charge in [-0.15, -0.1) is 0 Å². The van der Waals surface area contributed by atoms with Crippen LogP contribution in [-0.4, -0.2) is 29.0 Å². The average Bonchev–Trinajstić information content (AvgIpc) is 2.94. The highest BCUT2D eigenvalue weighted by atomic mass is 35.5. The van der Waals surface area contributed by atoms with Crippen molar-refractivity contribution in [3.63, 3.8) is 0 Å². The van der Waals surface area contributed by atoms with Crippen molar-refractivity contribution in [1.82, 2.24) is 9.88 Å². The number of aryl methyl sites for hydroxylation is 1. The Kier molecular flexibility index (Phi) is 5.41. The Morgan fingerprint density at radius 2 is 1.91 bits per heavy atom. The fourth-order valence-corrected chi connectivity index (χ4v) is 2.17. The molecule has 0 fully saturated rings. The van der Waals surface area contributed by atoms with Crippen molar-refractivity contribution in [2.75, 3.05) is 6.61 Å². The van der Waals surface area contributed by atoms with Crippen molar-refractivity contribution < 1.29 is 19.1 Å². The van der Waals surface area contributed by atoms with Gasteiger partial charge in [-0.1, -0.05) is 29.3 Å². The van der Waals surface area contributed by atoms with E-state index in [0.717, 1.165) is 0 Å². The van der Waals surface area contributed by atoms with E-state index in [4.69, 9.17) is 27.9 Å². The molecular weight excluding hydrogens is 343 g/mol. The van der Waals surface area contributed by atoms with Crippen molar-refractivity contribution >= 4 is 41.0 Å². The summed E-state index contributed by atoms with van der Waals surface area (Å²) >= 11 is 11.7. The summed E-state index contributed by atoms with van der Waals surface area (Å²) in [6, 6.07) is 7.69. The lowest BCUT2D eigenvalue weighted by Crippen LogP contribution is -2.35. The summed E-state index contributed by atoms with van der Waals surface area (Å²) in [5.41, 5.74) is 0.350. The molecule has 2 rings (SSSR count). The van der Waals surface area contributed by atoms with E-state index in [2.05, 4.69) is 5.32 Å². The van der Waals surface area contributed by atoms with Crippen molar-refractivity contribution in [3.8, 4) is 0 Å². The number of imide groups is 1. The molecular formula is C15H12Cl2N2O4. The van der Waals surface area contributed by atoms with Crippen LogP contribution in [-0.2, 0) is 16.6 Å². The lowest BCUT2D eigenvalue weighted by atomic mass is 10.2. The molecule has 0 spiro atoms. The number of carbonyl (C=O) groups is 3. The number of benzene rings is 1. The van der Waals surface area contributed by atoms with E-state index in [9.17, 15) is 14.4 Å². The van der Waals surface area contributed by atoms with Gasteiger partial charge in [-0.3, -0.25) is 14.9 Å². The van der Waals surface area contributed by atoms with Crippen molar-refractivity contribution in [1.29, 1.82) is 0 Å². The number of esters is 1. The minimum atomic E-state index is -0.807. The number of carbonyl (C=O) groups excluding carboxylic acids is 3. The maximum atomic E-state index is 11.9. The van der Waals surface area contributed by atoms with E-state index >= 15 is 0 Å². The fraction of sp³-hybridized carbons (Fsp3) is 0.133. The predicted molar refractivity (Wildman–Crippen MR) is 84.6 cm³/mol. The largest absolute Gasteiger partial charge is 0.452 e. The number of halogens is 2. The van der Waals surface area contributed by atoms with Gasteiger partial charge in [0.25, 0.3) is 11.8 Å². The molecule has 1 aromatic heterocycles. The quantitative estimate of drug-likeness (QED) is 0.855. The third kappa shape index (κ3) is 4.12. The first-order valence-corrected chi connectivity index (χ1v) is 7.22. The van der Waals surface area contributed by atoms with Crippen LogP contribution in [0.25, 0.3) is 0 Å². The molecule has 6 nitrogen and oxygen atoms in total. The number of hydrogen-bond donors (Lipinski definition) is 1. The summed E-state index contributed by atoms with van der Waals surface area (Å²) in [6.07, 6.45) is 1.67. The molecule has 8 heteroatoms. The summed E-state index contributed by atoms with van der Waals surface area (Å²) in [5, 5.41) is 2.36. The second kappa shape index (κ2) is 7.30. The van der Waals surface area contributed by atoms with Crippen LogP contribution >= 0.6 is 23.2 Å². The number of ether oxygens (including phenoxy) is 1. The van der Waals surface area contributed by atoms with E-state index in [1.54, 1.807) is 29.9 Å². The zero-order valence-corrected chi connectivity index (χ0v) is 13.5. The Bertz CT molecular complexity index is 771. The van der Waals surface area contributed by atoms with E-state index < -0.39 is 24.4 Å². The number of aromatic nitrogens is 1. The van der Waals surface area contributed by atoms with Gasteiger partial charge in [0.15, 0.2) is 6.61 Å². The van der Waals surface area contributed by atoms with Crippen LogP contribution < -0.4 is 5.32 Å². The van der Waals surface area contributed by atoms with Crippen LogP contribution in [0.4, 0.5) is 0 Å². The molecule has 120 valence electrons. The van der Waals surface area contributed by atoms with Crippen molar-refractivity contribution in [2.45, 2.75) is 0 Å². The van der Waals surface area contributed by atoms with Crippen LogP contribution in [0.3, 0.4) is 0 Å². The van der Waals surface area contributed by atoms with Crippen LogP contribution in [0.5, 0.6) is 0 Å². The highest BCUT2D eigenvalue weighted by Gasteiger charge is 2.17. The highest BCUT2D eigenvalue weighted by molar-refractivity contribution is 6.43. The number of nitrogens with zero attached hydrogens (tertiary/aromatic N) is 1. The molecule has 0 aliphatic carbocycles. The molecule has 0 saturated heterocycles. The average molecular weight is 355 g/mol. The fourth-order valence-electron chi connectivity index (χ4n) is 1.79. The van der Waals surface area contributed by atoms with Gasteiger partial charge in [0.05, 0.1) is 15.6 Å². The third-order valence-electron chi connectivity index (χ3n) is 2.94. The minimum Gasteiger partial charge on any atom is -0.452 e. The van der Waals surface area contributed by atoms with E-state index in [1.165, 1.54) is 18.2 Å². The monoisotopic (exact) mass is 354 g/mol. The maximum Gasteiger partial charge on any atom is 0.340 e. The predicted octanol–water partition coefficient (Wildman–Crippen LogP) is 2.45. The van der Waals surface area contributed by atoms with Gasteiger partial charge in [0, 0.05) is 13.2 Å². The summed E-state index contributed by atoms with van der Waals surface area (Å²) in [4.78, 5) is 35.3. The first kappa shape index (κ1) is 17.1. The topological polar surface area (TPSA) is 77.4 Å². The summed E-state index contributed by atoms with van der Waals surface area (Å²) in [7, 11) is 1.67. The Hall–Kier alpha value is -2.31. The number of hydrogen-bond acceptors (Lipinski definition) is 4. The van der Waals surface area contributed by atoms with Crippen LogP contribution in [0.1, 0.15) is 20.8 Å². The number of nitrogens with one attached hydrogen (secondary N) is 1. The van der Waals surface area contributed by atoms with E-state index in [0.29, 0.717) is 5.69 Å². The molecule has 1 heterocycles. The molecule has 0 radical (unpaired) electrons. The van der Waals surface area contributed by atoms with Crippen LogP contribution in [0, 0.1) is 0 Å². The molecule has 2 amide bonds. The lowest BCUT2D eigenvalue weighted by molar-refractivity contribution is -0.123. The van der Waals surface area contributed by atoms with Crippen LogP contribution in [0.15, 0.2) is 36.5 Å². The zero-order valence-electron chi connectivity index (χ0n) is 12.0. The lowest BCUT2D eigenvalue weighted by Gasteiger charge is -2.08. The van der Waals surface area contributed by atoms with Gasteiger partial charge in [0.1, 0.15) is 5.69 Å². The Balaban J connectivity index is 1.92. The molecule has 23 heavy (non-hydrogen) atoms. The molecule has 0 aliphatic rings. The van der Waals surface area contributed by atoms with Gasteiger partial charge < -0.3 is 9.30 Å². The SMILES string of the molecule is Cn1cccc1C(=O)NC(=O)COC(=O)c1cccc(Cl)c1Cl. The summed E-state index contributed by atoms with van der Waals surface area (Å²) in [6.45, 7) is -0.613. The molecule has 0 saturated carbocycles. The van der Waals surface area contributed by atoms with Gasteiger partial charge in [-0.25, -0.2) is 4.79 Å². The van der Waals surface area contributed by atoms with Gasteiger partial charge in [-0.05, 0) is 24.3 Å². The molecule has 0 unspecified atom stereocenters. The van der Waals surface area contributed by atoms with Gasteiger partial charge in [-0.2, -0.15) is 0 Å². The highest BCUT2D eigenvalue weighted by Crippen LogP contribution is 2.25. The smallest absolute Gasteiger partial charge is 0.340 e. The molecule has 0 bridgehead atoms. The Morgan fingerprint density at radius 1 is 1.17 bits per heavy atom. The molecule has 1 N–H and O–H groups in total. The number of rotatable bonds is 4. The van der Waals surface area contributed by atoms with Crippen molar-refractivity contribution in [3.05, 3.63) is 57.8 Å². The zero-order chi connectivity index (χ0) is 17.0. The first-order chi connectivity index (χ1) is 10.9. The first-order valence-electron chi connectivity index (χ1n) is 6.47. The minimum absolute atomic E-state index is 0.0412. The Morgan fingerprint density at radius 3 is 2.57 bits per heavy atom. The second-order valence-electron chi connectivity index (χ2n) is 4.56. The standard InChI is InChI=1S/C15H12Cl2N2O4/c1-19-7-3-6-11(19)14(21)18-12(20)8-23-15(22)9-4-2-5-10(16)13(9)17/h2-7H,8H2,1H3,(H,18,20,21). The number of amides is 2. The normalized spacial score (nSPS) is 10.2. The second-order valence-corrected chi connectivity index (χ2v) is 5.34. The Labute approximate surface area is 141 Å². The van der Waals surface area contributed by atoms with Crippen LogP contribution in [0.2, 0.25) is 10.0 Å². The maximum absolute atomic E-state index is 11.9. The van der Waals surface area contributed by atoms with Gasteiger partial charge in [0.2, 0.25) is 0 Å². The van der Waals surface area contributed by atoms with E-state index in [-0.39, 0.29) is 15.6 Å². The molecule has 1 aromatic carbocycles. The third-order valence-corrected chi connectivity index (χ3v) is 3.75.